The van der Waals surface area contributed by atoms with Gasteiger partial charge in [-0.05, 0) is 38.5 Å². The third kappa shape index (κ3) is 4.46. The molecular formula is C23H23N5OS. The average molecular weight is 418 g/mol. The molecule has 6 nitrogen and oxygen atoms in total. The largest absolute Gasteiger partial charge is 0.360 e. The van der Waals surface area contributed by atoms with Gasteiger partial charge in [0.1, 0.15) is 10.6 Å². The third-order valence-electron chi connectivity index (χ3n) is 4.37. The van der Waals surface area contributed by atoms with Crippen molar-refractivity contribution >= 4 is 33.3 Å². The molecule has 0 aliphatic rings. The van der Waals surface area contributed by atoms with Gasteiger partial charge in [0.15, 0.2) is 5.82 Å². The predicted octanol–water partition coefficient (Wildman–Crippen LogP) is 4.75. The number of fused-ring (bicyclic) bond motifs is 1. The second-order valence-corrected chi connectivity index (χ2v) is 8.84. The van der Waals surface area contributed by atoms with Gasteiger partial charge in [-0.15, -0.1) is 11.3 Å². The lowest BCUT2D eigenvalue weighted by Crippen LogP contribution is -2.43. The zero-order chi connectivity index (χ0) is 21.1. The number of rotatable bonds is 5. The molecule has 3 aromatic heterocycles. The number of hydrogen-bond donors (Lipinski definition) is 2. The van der Waals surface area contributed by atoms with E-state index >= 15 is 0 Å². The summed E-state index contributed by atoms with van der Waals surface area (Å²) in [6.07, 6.45) is 3.46. The Morgan fingerprint density at radius 3 is 2.50 bits per heavy atom. The molecule has 4 aromatic rings. The predicted molar refractivity (Wildman–Crippen MR) is 122 cm³/mol. The maximum atomic E-state index is 12.4. The number of thiophene rings is 1. The van der Waals surface area contributed by atoms with Crippen LogP contribution in [0.5, 0.6) is 0 Å². The molecule has 2 N–H and O–H groups in total. The number of carbonyl (C=O) groups is 1. The van der Waals surface area contributed by atoms with Gasteiger partial charge < -0.3 is 10.6 Å². The topological polar surface area (TPSA) is 79.8 Å². The molecule has 0 radical (unpaired) electrons. The molecule has 0 unspecified atom stereocenters. The molecule has 0 saturated heterocycles. The molecule has 0 aliphatic carbocycles. The highest BCUT2D eigenvalue weighted by molar-refractivity contribution is 7.17. The highest BCUT2D eigenvalue weighted by Gasteiger charge is 2.18. The zero-order valence-electron chi connectivity index (χ0n) is 17.1. The molecule has 0 atom stereocenters. The quantitative estimate of drug-likeness (QED) is 0.490. The SMILES string of the molecule is CC(C)(C)NC(=O)CNc1nc(-c2cccnc2)nc2scc(-c3ccccc3)c12. The first-order valence-corrected chi connectivity index (χ1v) is 10.6. The maximum Gasteiger partial charge on any atom is 0.239 e. The molecule has 0 spiro atoms. The van der Waals surface area contributed by atoms with Crippen LogP contribution in [0.1, 0.15) is 20.8 Å². The Morgan fingerprint density at radius 1 is 1.03 bits per heavy atom. The Balaban J connectivity index is 1.77. The molecule has 3 heterocycles. The van der Waals surface area contributed by atoms with E-state index < -0.39 is 0 Å². The van der Waals surface area contributed by atoms with Crippen LogP contribution in [0.3, 0.4) is 0 Å². The molecule has 0 fully saturated rings. The van der Waals surface area contributed by atoms with Crippen molar-refractivity contribution in [1.82, 2.24) is 20.3 Å². The summed E-state index contributed by atoms with van der Waals surface area (Å²) in [6.45, 7) is 6.00. The number of nitrogens with one attached hydrogen (secondary N) is 2. The van der Waals surface area contributed by atoms with Gasteiger partial charge >= 0.3 is 0 Å². The van der Waals surface area contributed by atoms with Crippen LogP contribution in [0, 0.1) is 0 Å². The Bertz CT molecular complexity index is 1170. The van der Waals surface area contributed by atoms with Crippen molar-refractivity contribution in [1.29, 1.82) is 0 Å². The summed E-state index contributed by atoms with van der Waals surface area (Å²) >= 11 is 1.56. The molecule has 30 heavy (non-hydrogen) atoms. The second-order valence-electron chi connectivity index (χ2n) is 7.98. The van der Waals surface area contributed by atoms with Crippen LogP contribution in [-0.2, 0) is 4.79 Å². The zero-order valence-corrected chi connectivity index (χ0v) is 18.0. The fraction of sp³-hybridized carbons (Fsp3) is 0.217. The second kappa shape index (κ2) is 8.20. The normalized spacial score (nSPS) is 11.4. The van der Waals surface area contributed by atoms with E-state index in [0.717, 1.165) is 26.9 Å². The van der Waals surface area contributed by atoms with Gasteiger partial charge in [0, 0.05) is 34.4 Å². The molecule has 0 aliphatic heterocycles. The van der Waals surface area contributed by atoms with Crippen LogP contribution in [-0.4, -0.2) is 32.9 Å². The Labute approximate surface area is 179 Å². The van der Waals surface area contributed by atoms with Gasteiger partial charge in [-0.1, -0.05) is 30.3 Å². The minimum Gasteiger partial charge on any atom is -0.360 e. The summed E-state index contributed by atoms with van der Waals surface area (Å²) in [4.78, 5) is 27.0. The molecule has 0 bridgehead atoms. The standard InChI is InChI=1S/C23H23N5OS/c1-23(2,3)28-18(29)13-25-21-19-17(15-8-5-4-6-9-15)14-30-22(19)27-20(26-21)16-10-7-11-24-12-16/h4-12,14H,13H2,1-3H3,(H,28,29)(H,25,26,27). The van der Waals surface area contributed by atoms with Crippen molar-refractivity contribution in [3.05, 3.63) is 60.2 Å². The Kier molecular flexibility index (Phi) is 5.46. The number of hydrogen-bond acceptors (Lipinski definition) is 6. The van der Waals surface area contributed by atoms with Crippen LogP contribution in [0.2, 0.25) is 0 Å². The minimum absolute atomic E-state index is 0.0892. The minimum atomic E-state index is -0.293. The lowest BCUT2D eigenvalue weighted by molar-refractivity contribution is -0.120. The fourth-order valence-electron chi connectivity index (χ4n) is 3.15. The van der Waals surface area contributed by atoms with Gasteiger partial charge in [-0.2, -0.15) is 0 Å². The number of pyridine rings is 1. The third-order valence-corrected chi connectivity index (χ3v) is 5.24. The first-order chi connectivity index (χ1) is 14.4. The number of amides is 1. The molecule has 1 aromatic carbocycles. The first-order valence-electron chi connectivity index (χ1n) is 9.71. The number of aromatic nitrogens is 3. The van der Waals surface area contributed by atoms with Gasteiger partial charge in [-0.25, -0.2) is 9.97 Å². The molecule has 4 rings (SSSR count). The van der Waals surface area contributed by atoms with Gasteiger partial charge in [0.25, 0.3) is 0 Å². The van der Waals surface area contributed by atoms with E-state index in [0.29, 0.717) is 11.6 Å². The number of anilines is 1. The monoisotopic (exact) mass is 417 g/mol. The summed E-state index contributed by atoms with van der Waals surface area (Å²) in [5.41, 5.74) is 2.67. The van der Waals surface area contributed by atoms with E-state index in [1.807, 2.05) is 51.1 Å². The van der Waals surface area contributed by atoms with Crippen molar-refractivity contribution in [3.63, 3.8) is 0 Å². The highest BCUT2D eigenvalue weighted by atomic mass is 32.1. The Morgan fingerprint density at radius 2 is 1.80 bits per heavy atom. The van der Waals surface area contributed by atoms with Crippen molar-refractivity contribution in [3.8, 4) is 22.5 Å². The van der Waals surface area contributed by atoms with E-state index in [1.165, 1.54) is 0 Å². The smallest absolute Gasteiger partial charge is 0.239 e. The molecular weight excluding hydrogens is 394 g/mol. The van der Waals surface area contributed by atoms with Crippen molar-refractivity contribution < 1.29 is 4.79 Å². The lowest BCUT2D eigenvalue weighted by Gasteiger charge is -2.20. The van der Waals surface area contributed by atoms with Crippen LogP contribution in [0.25, 0.3) is 32.7 Å². The summed E-state index contributed by atoms with van der Waals surface area (Å²) < 4.78 is 0. The van der Waals surface area contributed by atoms with Crippen molar-refractivity contribution in [2.75, 3.05) is 11.9 Å². The van der Waals surface area contributed by atoms with Gasteiger partial charge in [0.2, 0.25) is 5.91 Å². The lowest BCUT2D eigenvalue weighted by atomic mass is 10.1. The molecule has 1 amide bonds. The van der Waals surface area contributed by atoms with Gasteiger partial charge in [-0.3, -0.25) is 9.78 Å². The van der Waals surface area contributed by atoms with Gasteiger partial charge in [0.05, 0.1) is 11.9 Å². The van der Waals surface area contributed by atoms with Crippen molar-refractivity contribution in [2.24, 2.45) is 0 Å². The summed E-state index contributed by atoms with van der Waals surface area (Å²) in [5, 5.41) is 9.22. The number of benzene rings is 1. The molecule has 0 saturated carbocycles. The van der Waals surface area contributed by atoms with Crippen LogP contribution in [0.4, 0.5) is 5.82 Å². The maximum absolute atomic E-state index is 12.4. The molecule has 152 valence electrons. The number of nitrogens with zero attached hydrogens (tertiary/aromatic N) is 3. The van der Waals surface area contributed by atoms with Crippen LogP contribution < -0.4 is 10.6 Å². The number of carbonyl (C=O) groups excluding carboxylic acids is 1. The van der Waals surface area contributed by atoms with Crippen molar-refractivity contribution in [2.45, 2.75) is 26.3 Å². The van der Waals surface area contributed by atoms with E-state index in [2.05, 4.69) is 33.1 Å². The van der Waals surface area contributed by atoms with E-state index in [4.69, 9.17) is 9.97 Å². The summed E-state index contributed by atoms with van der Waals surface area (Å²) in [7, 11) is 0. The van der Waals surface area contributed by atoms with E-state index in [1.54, 1.807) is 23.7 Å². The summed E-state index contributed by atoms with van der Waals surface area (Å²) in [5.74, 6) is 1.13. The average Bonchev–Trinajstić information content (AvgIpc) is 3.16. The highest BCUT2D eigenvalue weighted by Crippen LogP contribution is 2.38. The summed E-state index contributed by atoms with van der Waals surface area (Å²) in [6, 6.07) is 13.9. The first kappa shape index (κ1) is 20.0. The van der Waals surface area contributed by atoms with E-state index in [9.17, 15) is 4.79 Å². The molecule has 7 heteroatoms. The fourth-order valence-corrected chi connectivity index (χ4v) is 4.10. The van der Waals surface area contributed by atoms with Crippen LogP contribution >= 0.6 is 11.3 Å². The van der Waals surface area contributed by atoms with E-state index in [-0.39, 0.29) is 18.0 Å². The van der Waals surface area contributed by atoms with Crippen LogP contribution in [0.15, 0.2) is 60.2 Å². The Hall–Kier alpha value is -3.32.